The molecule has 7 heteroatoms. The average molecular weight is 415 g/mol. The van der Waals surface area contributed by atoms with Crippen molar-refractivity contribution < 1.29 is 9.53 Å². The number of carbonyl (C=O) groups is 1. The Balaban J connectivity index is 1.62. The third-order valence-corrected chi connectivity index (χ3v) is 5.52. The highest BCUT2D eigenvalue weighted by atomic mass is 16.5. The molecule has 0 radical (unpaired) electrons. The molecule has 7 nitrogen and oxygen atoms in total. The molecule has 0 spiro atoms. The molecular formula is C24H25N5O2. The van der Waals surface area contributed by atoms with Crippen LogP contribution < -0.4 is 15.0 Å². The van der Waals surface area contributed by atoms with Crippen LogP contribution in [0, 0.1) is 11.3 Å². The van der Waals surface area contributed by atoms with Crippen LogP contribution in [-0.4, -0.2) is 36.1 Å². The number of ether oxygens (including phenoxy) is 1. The Labute approximate surface area is 181 Å². The van der Waals surface area contributed by atoms with E-state index >= 15 is 0 Å². The van der Waals surface area contributed by atoms with E-state index in [1.807, 2.05) is 48.5 Å². The summed E-state index contributed by atoms with van der Waals surface area (Å²) in [5, 5.41) is 12.8. The lowest BCUT2D eigenvalue weighted by atomic mass is 10.0. The summed E-state index contributed by atoms with van der Waals surface area (Å²) in [5.74, 6) is -0.0134. The fourth-order valence-corrected chi connectivity index (χ4v) is 3.82. The molecule has 1 fully saturated rings. The zero-order valence-electron chi connectivity index (χ0n) is 17.5. The molecule has 4 rings (SSSR count). The molecule has 0 bridgehead atoms. The zero-order chi connectivity index (χ0) is 21.6. The van der Waals surface area contributed by atoms with Crippen molar-refractivity contribution in [3.63, 3.8) is 0 Å². The third-order valence-electron chi connectivity index (χ3n) is 5.52. The van der Waals surface area contributed by atoms with Gasteiger partial charge in [0.15, 0.2) is 11.7 Å². The van der Waals surface area contributed by atoms with Crippen molar-refractivity contribution in [1.82, 2.24) is 15.3 Å². The van der Waals surface area contributed by atoms with Crippen molar-refractivity contribution >= 4 is 22.8 Å². The number of nitrogens with zero attached hydrogens (tertiary/aromatic N) is 4. The van der Waals surface area contributed by atoms with Gasteiger partial charge in [-0.15, -0.1) is 0 Å². The van der Waals surface area contributed by atoms with Crippen molar-refractivity contribution in [2.24, 2.45) is 0 Å². The molecule has 0 aliphatic carbocycles. The Hall–Kier alpha value is -3.66. The van der Waals surface area contributed by atoms with Gasteiger partial charge >= 0.3 is 0 Å². The van der Waals surface area contributed by atoms with Gasteiger partial charge in [-0.05, 0) is 49.1 Å². The number of fused-ring (bicyclic) bond motifs is 1. The highest BCUT2D eigenvalue weighted by Crippen LogP contribution is 2.29. The minimum atomic E-state index is -1.03. The molecular weight excluding hydrogens is 390 g/mol. The van der Waals surface area contributed by atoms with Gasteiger partial charge in [0.25, 0.3) is 0 Å². The summed E-state index contributed by atoms with van der Waals surface area (Å²) in [7, 11) is 1.61. The lowest BCUT2D eigenvalue weighted by molar-refractivity contribution is -0.121. The molecule has 1 aliphatic heterocycles. The molecule has 1 unspecified atom stereocenters. The summed E-state index contributed by atoms with van der Waals surface area (Å²) in [6.45, 7) is 2.03. The number of methoxy groups -OCH3 is 1. The molecule has 0 saturated carbocycles. The van der Waals surface area contributed by atoms with Crippen LogP contribution in [0.1, 0.15) is 36.4 Å². The van der Waals surface area contributed by atoms with Crippen molar-refractivity contribution in [2.45, 2.75) is 31.7 Å². The van der Waals surface area contributed by atoms with Crippen LogP contribution in [0.3, 0.4) is 0 Å². The van der Waals surface area contributed by atoms with Crippen molar-refractivity contribution in [1.29, 1.82) is 5.26 Å². The van der Waals surface area contributed by atoms with E-state index in [1.54, 1.807) is 7.11 Å². The molecule has 1 amide bonds. The van der Waals surface area contributed by atoms with E-state index in [0.717, 1.165) is 42.8 Å². The topological polar surface area (TPSA) is 91.1 Å². The number of nitriles is 1. The van der Waals surface area contributed by atoms with Gasteiger partial charge < -0.3 is 15.0 Å². The second-order valence-electron chi connectivity index (χ2n) is 7.60. The lowest BCUT2D eigenvalue weighted by Crippen LogP contribution is -2.34. The zero-order valence-corrected chi connectivity index (χ0v) is 17.5. The number of rotatable bonds is 6. The van der Waals surface area contributed by atoms with Gasteiger partial charge in [-0.3, -0.25) is 4.79 Å². The number of benzene rings is 2. The van der Waals surface area contributed by atoms with Crippen LogP contribution in [0.2, 0.25) is 0 Å². The van der Waals surface area contributed by atoms with Crippen LogP contribution >= 0.6 is 0 Å². The summed E-state index contributed by atoms with van der Waals surface area (Å²) in [5.41, 5.74) is 2.80. The largest absolute Gasteiger partial charge is 0.497 e. The van der Waals surface area contributed by atoms with Crippen molar-refractivity contribution in [3.05, 3.63) is 59.8 Å². The van der Waals surface area contributed by atoms with Gasteiger partial charge in [0.2, 0.25) is 5.91 Å². The van der Waals surface area contributed by atoms with Crippen molar-refractivity contribution in [3.8, 4) is 11.8 Å². The number of para-hydroxylation sites is 2. The van der Waals surface area contributed by atoms with E-state index in [1.165, 1.54) is 6.42 Å². The highest BCUT2D eigenvalue weighted by Gasteiger charge is 2.29. The molecule has 1 aromatic heterocycles. The van der Waals surface area contributed by atoms with Gasteiger partial charge in [0, 0.05) is 19.6 Å². The predicted molar refractivity (Wildman–Crippen MR) is 119 cm³/mol. The SMILES string of the molecule is COc1ccc(CNC(=O)C(C#N)c2nc3ccccc3nc2N2CCCCC2)cc1. The maximum Gasteiger partial charge on any atom is 0.243 e. The van der Waals surface area contributed by atoms with E-state index in [9.17, 15) is 10.1 Å². The predicted octanol–water partition coefficient (Wildman–Crippen LogP) is 3.55. The Bertz CT molecular complexity index is 1100. The Kier molecular flexibility index (Phi) is 6.27. The monoisotopic (exact) mass is 415 g/mol. The fraction of sp³-hybridized carbons (Fsp3) is 0.333. The lowest BCUT2D eigenvalue weighted by Gasteiger charge is -2.29. The van der Waals surface area contributed by atoms with E-state index < -0.39 is 5.92 Å². The first-order valence-corrected chi connectivity index (χ1v) is 10.5. The van der Waals surface area contributed by atoms with Crippen molar-refractivity contribution in [2.75, 3.05) is 25.1 Å². The van der Waals surface area contributed by atoms with Gasteiger partial charge in [-0.25, -0.2) is 9.97 Å². The molecule has 1 saturated heterocycles. The first kappa shape index (κ1) is 20.6. The summed E-state index contributed by atoms with van der Waals surface area (Å²) in [6, 6.07) is 17.2. The van der Waals surface area contributed by atoms with E-state index in [-0.39, 0.29) is 5.91 Å². The molecule has 31 heavy (non-hydrogen) atoms. The number of carbonyl (C=O) groups excluding carboxylic acids is 1. The Morgan fingerprint density at radius 2 is 1.77 bits per heavy atom. The molecule has 1 atom stereocenters. The molecule has 2 aromatic carbocycles. The van der Waals surface area contributed by atoms with E-state index in [4.69, 9.17) is 14.7 Å². The molecule has 1 aliphatic rings. The molecule has 2 heterocycles. The van der Waals surface area contributed by atoms with E-state index in [0.29, 0.717) is 23.6 Å². The first-order chi connectivity index (χ1) is 15.2. The molecule has 3 aromatic rings. The number of piperidine rings is 1. The maximum absolute atomic E-state index is 13.0. The number of hydrogen-bond acceptors (Lipinski definition) is 6. The Morgan fingerprint density at radius 1 is 1.10 bits per heavy atom. The second kappa shape index (κ2) is 9.43. The quantitative estimate of drug-likeness (QED) is 0.662. The standard InChI is InChI=1S/C24H25N5O2/c1-31-18-11-9-17(10-12-18)16-26-24(30)19(15-25)22-23(29-13-5-2-6-14-29)28-21-8-4-3-7-20(21)27-22/h3-4,7-12,19H,2,5-6,13-14,16H2,1H3,(H,26,30). The number of anilines is 1. The maximum atomic E-state index is 13.0. The van der Waals surface area contributed by atoms with Gasteiger partial charge in [0.1, 0.15) is 11.4 Å². The number of hydrogen-bond donors (Lipinski definition) is 1. The minimum absolute atomic E-state index is 0.321. The summed E-state index contributed by atoms with van der Waals surface area (Å²) >= 11 is 0. The summed E-state index contributed by atoms with van der Waals surface area (Å²) in [4.78, 5) is 24.7. The fourth-order valence-electron chi connectivity index (χ4n) is 3.82. The second-order valence-corrected chi connectivity index (χ2v) is 7.60. The third kappa shape index (κ3) is 4.58. The average Bonchev–Trinajstić information content (AvgIpc) is 2.83. The summed E-state index contributed by atoms with van der Waals surface area (Å²) < 4.78 is 5.16. The Morgan fingerprint density at radius 3 is 2.42 bits per heavy atom. The minimum Gasteiger partial charge on any atom is -0.497 e. The number of amides is 1. The van der Waals surface area contributed by atoms with Crippen LogP contribution in [0.15, 0.2) is 48.5 Å². The van der Waals surface area contributed by atoms with Gasteiger partial charge in [-0.1, -0.05) is 24.3 Å². The van der Waals surface area contributed by atoms with Gasteiger partial charge in [-0.2, -0.15) is 5.26 Å². The van der Waals surface area contributed by atoms with Crippen LogP contribution in [0.25, 0.3) is 11.0 Å². The highest BCUT2D eigenvalue weighted by molar-refractivity contribution is 5.88. The van der Waals surface area contributed by atoms with Crippen LogP contribution in [-0.2, 0) is 11.3 Å². The number of aromatic nitrogens is 2. The molecule has 158 valence electrons. The van der Waals surface area contributed by atoms with E-state index in [2.05, 4.69) is 16.3 Å². The smallest absolute Gasteiger partial charge is 0.243 e. The summed E-state index contributed by atoms with van der Waals surface area (Å²) in [6.07, 6.45) is 3.31. The van der Waals surface area contributed by atoms with Crippen LogP contribution in [0.4, 0.5) is 5.82 Å². The van der Waals surface area contributed by atoms with Gasteiger partial charge in [0.05, 0.1) is 24.2 Å². The normalized spacial score (nSPS) is 14.6. The van der Waals surface area contributed by atoms with Crippen LogP contribution in [0.5, 0.6) is 5.75 Å². The first-order valence-electron chi connectivity index (χ1n) is 10.5. The number of nitrogens with one attached hydrogen (secondary N) is 1. The molecule has 1 N–H and O–H groups in total.